The van der Waals surface area contributed by atoms with Crippen LogP contribution in [0.25, 0.3) is 0 Å². The minimum Gasteiger partial charge on any atom is -0.493 e. The first-order valence-electron chi connectivity index (χ1n) is 12.9. The average molecular weight is 501 g/mol. The summed E-state index contributed by atoms with van der Waals surface area (Å²) >= 11 is 6.18. The number of amides is 2. The van der Waals surface area contributed by atoms with Crippen molar-refractivity contribution in [2.24, 2.45) is 5.41 Å². The number of carbonyl (C=O) groups excluding carboxylic acids is 2. The van der Waals surface area contributed by atoms with E-state index in [0.717, 1.165) is 50.8 Å². The van der Waals surface area contributed by atoms with Crippen molar-refractivity contribution in [1.82, 2.24) is 20.0 Å². The number of carbonyl (C=O) groups is 2. The standard InChI is InChI=1S/C27H37ClN4O3/c1-4-32-23(16-22(30-32)19(2)3)26(34)31-13-8-12-27(18-31)11-6-5-7-14-35-24-10-9-20(28)15-21(24)25(33)29-17-27/h9-10,15-16,19H,4-8,11-14,17-18H2,1-3H3,(H,29,33). The highest BCUT2D eigenvalue weighted by Gasteiger charge is 2.38. The van der Waals surface area contributed by atoms with Gasteiger partial charge in [-0.25, -0.2) is 0 Å². The molecule has 1 N–H and O–H groups in total. The predicted molar refractivity (Wildman–Crippen MR) is 137 cm³/mol. The maximum atomic E-state index is 13.6. The van der Waals surface area contributed by atoms with Crippen LogP contribution in [0.3, 0.4) is 0 Å². The smallest absolute Gasteiger partial charge is 0.272 e. The Labute approximate surface area is 213 Å². The third kappa shape index (κ3) is 5.83. The zero-order valence-corrected chi connectivity index (χ0v) is 21.9. The molecule has 3 heterocycles. The molecule has 0 saturated carbocycles. The summed E-state index contributed by atoms with van der Waals surface area (Å²) < 4.78 is 7.70. The number of fused-ring (bicyclic) bond motifs is 1. The van der Waals surface area contributed by atoms with Crippen LogP contribution < -0.4 is 10.1 Å². The van der Waals surface area contributed by atoms with Crippen LogP contribution in [0.1, 0.15) is 91.8 Å². The second-order valence-corrected chi connectivity index (χ2v) is 10.7. The minimum absolute atomic E-state index is 0.0355. The molecule has 0 radical (unpaired) electrons. The summed E-state index contributed by atoms with van der Waals surface area (Å²) in [5.41, 5.74) is 1.91. The lowest BCUT2D eigenvalue weighted by Crippen LogP contribution is -2.51. The fourth-order valence-electron chi connectivity index (χ4n) is 5.24. The summed E-state index contributed by atoms with van der Waals surface area (Å²) in [6.07, 6.45) is 5.89. The number of ether oxygens (including phenoxy) is 1. The summed E-state index contributed by atoms with van der Waals surface area (Å²) in [5.74, 6) is 0.685. The van der Waals surface area contributed by atoms with Gasteiger partial charge in [0.1, 0.15) is 11.4 Å². The highest BCUT2D eigenvalue weighted by Crippen LogP contribution is 2.36. The van der Waals surface area contributed by atoms with Crippen molar-refractivity contribution < 1.29 is 14.3 Å². The number of halogens is 1. The van der Waals surface area contributed by atoms with Gasteiger partial charge in [0.15, 0.2) is 0 Å². The highest BCUT2D eigenvalue weighted by atomic mass is 35.5. The largest absolute Gasteiger partial charge is 0.493 e. The molecule has 1 aromatic carbocycles. The van der Waals surface area contributed by atoms with Crippen molar-refractivity contribution in [3.8, 4) is 5.75 Å². The van der Waals surface area contributed by atoms with Crippen LogP contribution in [0.4, 0.5) is 0 Å². The quantitative estimate of drug-likeness (QED) is 0.621. The molecular weight excluding hydrogens is 464 g/mol. The van der Waals surface area contributed by atoms with Gasteiger partial charge in [-0.2, -0.15) is 5.10 Å². The molecule has 1 fully saturated rings. The number of nitrogens with zero attached hydrogens (tertiary/aromatic N) is 3. The second kappa shape index (κ2) is 11.0. The predicted octanol–water partition coefficient (Wildman–Crippen LogP) is 5.29. The molecule has 4 rings (SSSR count). The zero-order valence-electron chi connectivity index (χ0n) is 21.1. The monoisotopic (exact) mass is 500 g/mol. The molecule has 1 atom stereocenters. The number of benzene rings is 1. The van der Waals surface area contributed by atoms with Crippen LogP contribution in [0, 0.1) is 5.41 Å². The van der Waals surface area contributed by atoms with Gasteiger partial charge in [0.25, 0.3) is 11.8 Å². The number of nitrogens with one attached hydrogen (secondary N) is 1. The lowest BCUT2D eigenvalue weighted by Gasteiger charge is -2.43. The number of hydrogen-bond acceptors (Lipinski definition) is 4. The van der Waals surface area contributed by atoms with Crippen LogP contribution >= 0.6 is 11.6 Å². The number of aryl methyl sites for hydroxylation is 1. The van der Waals surface area contributed by atoms with E-state index in [9.17, 15) is 9.59 Å². The third-order valence-electron chi connectivity index (χ3n) is 7.28. The molecule has 190 valence electrons. The Morgan fingerprint density at radius 3 is 2.77 bits per heavy atom. The SMILES string of the molecule is CCn1nc(C(C)C)cc1C(=O)N1CCCC2(CCCCCOc3ccc(Cl)cc3C(=O)NC2)C1. The number of rotatable bonds is 3. The van der Waals surface area contributed by atoms with E-state index in [1.807, 2.05) is 22.6 Å². The summed E-state index contributed by atoms with van der Waals surface area (Å²) in [6, 6.07) is 7.13. The molecule has 2 aliphatic heterocycles. The summed E-state index contributed by atoms with van der Waals surface area (Å²) in [7, 11) is 0. The Kier molecular flexibility index (Phi) is 8.05. The third-order valence-corrected chi connectivity index (χ3v) is 7.51. The van der Waals surface area contributed by atoms with Gasteiger partial charge in [-0.1, -0.05) is 38.3 Å². The number of aromatic nitrogens is 2. The van der Waals surface area contributed by atoms with Crippen LogP contribution in [-0.2, 0) is 6.54 Å². The first kappa shape index (κ1) is 25.5. The lowest BCUT2D eigenvalue weighted by molar-refractivity contribution is 0.0458. The van der Waals surface area contributed by atoms with Crippen LogP contribution in [0.15, 0.2) is 24.3 Å². The van der Waals surface area contributed by atoms with Gasteiger partial charge < -0.3 is 15.0 Å². The van der Waals surface area contributed by atoms with Crippen LogP contribution in [0.2, 0.25) is 5.02 Å². The number of likely N-dealkylation sites (tertiary alicyclic amines) is 1. The Morgan fingerprint density at radius 1 is 1.20 bits per heavy atom. The zero-order chi connectivity index (χ0) is 25.0. The van der Waals surface area contributed by atoms with Gasteiger partial charge in [0, 0.05) is 36.6 Å². The van der Waals surface area contributed by atoms with E-state index < -0.39 is 0 Å². The lowest BCUT2D eigenvalue weighted by atomic mass is 9.75. The molecule has 1 saturated heterocycles. The molecule has 1 spiro atoms. The van der Waals surface area contributed by atoms with Gasteiger partial charge in [-0.3, -0.25) is 14.3 Å². The van der Waals surface area contributed by atoms with Crippen molar-refractivity contribution >= 4 is 23.4 Å². The van der Waals surface area contributed by atoms with Crippen molar-refractivity contribution in [3.05, 3.63) is 46.2 Å². The van der Waals surface area contributed by atoms with Crippen molar-refractivity contribution in [3.63, 3.8) is 0 Å². The average Bonchev–Trinajstić information content (AvgIpc) is 3.29. The molecule has 35 heavy (non-hydrogen) atoms. The van der Waals surface area contributed by atoms with Gasteiger partial charge in [0.2, 0.25) is 0 Å². The summed E-state index contributed by atoms with van der Waals surface area (Å²) in [5, 5.41) is 8.30. The maximum absolute atomic E-state index is 13.6. The fraction of sp³-hybridized carbons (Fsp3) is 0.593. The van der Waals surface area contributed by atoms with Crippen LogP contribution in [-0.4, -0.2) is 52.7 Å². The first-order valence-corrected chi connectivity index (χ1v) is 13.3. The molecule has 1 aromatic heterocycles. The van der Waals surface area contributed by atoms with E-state index in [1.165, 1.54) is 0 Å². The Bertz CT molecular complexity index is 1070. The van der Waals surface area contributed by atoms with Gasteiger partial charge >= 0.3 is 0 Å². The van der Waals surface area contributed by atoms with E-state index >= 15 is 0 Å². The molecular formula is C27H37ClN4O3. The van der Waals surface area contributed by atoms with E-state index in [0.29, 0.717) is 48.3 Å². The van der Waals surface area contributed by atoms with Crippen molar-refractivity contribution in [2.45, 2.75) is 71.8 Å². The topological polar surface area (TPSA) is 76.5 Å². The molecule has 2 aromatic rings. The molecule has 2 aliphatic rings. The number of piperidine rings is 1. The van der Waals surface area contributed by atoms with Gasteiger partial charge in [-0.05, 0) is 62.8 Å². The number of hydrogen-bond donors (Lipinski definition) is 1. The van der Waals surface area contributed by atoms with Crippen molar-refractivity contribution in [2.75, 3.05) is 26.2 Å². The van der Waals surface area contributed by atoms with E-state index in [2.05, 4.69) is 24.3 Å². The molecule has 8 heteroatoms. The minimum atomic E-state index is -0.184. The Hall–Kier alpha value is -2.54. The van der Waals surface area contributed by atoms with E-state index in [4.69, 9.17) is 16.3 Å². The molecule has 7 nitrogen and oxygen atoms in total. The highest BCUT2D eigenvalue weighted by molar-refractivity contribution is 6.31. The molecule has 0 aliphatic carbocycles. The fourth-order valence-corrected chi connectivity index (χ4v) is 5.41. The molecule has 1 unspecified atom stereocenters. The van der Waals surface area contributed by atoms with Gasteiger partial charge in [0.05, 0.1) is 17.9 Å². The Morgan fingerprint density at radius 2 is 2.00 bits per heavy atom. The summed E-state index contributed by atoms with van der Waals surface area (Å²) in [6.45, 7) is 9.32. The van der Waals surface area contributed by atoms with E-state index in [-0.39, 0.29) is 23.1 Å². The van der Waals surface area contributed by atoms with Crippen molar-refractivity contribution in [1.29, 1.82) is 0 Å². The Balaban J connectivity index is 1.56. The first-order chi connectivity index (χ1) is 16.8. The summed E-state index contributed by atoms with van der Waals surface area (Å²) in [4.78, 5) is 28.8. The molecule has 0 bridgehead atoms. The van der Waals surface area contributed by atoms with E-state index in [1.54, 1.807) is 18.2 Å². The normalized spacial score (nSPS) is 21.6. The van der Waals surface area contributed by atoms with Crippen LogP contribution in [0.5, 0.6) is 5.75 Å². The molecule has 2 amide bonds. The van der Waals surface area contributed by atoms with Gasteiger partial charge in [-0.15, -0.1) is 0 Å². The maximum Gasteiger partial charge on any atom is 0.272 e. The second-order valence-electron chi connectivity index (χ2n) is 10.2.